The molecule has 1 unspecified atom stereocenters. The van der Waals surface area contributed by atoms with E-state index in [1.165, 1.54) is 10.8 Å². The highest BCUT2D eigenvalue weighted by molar-refractivity contribution is 8.00. The number of benzene rings is 3. The van der Waals surface area contributed by atoms with Gasteiger partial charge in [0.15, 0.2) is 0 Å². The number of H-pyrrole nitrogens is 1. The van der Waals surface area contributed by atoms with E-state index in [9.17, 15) is 4.79 Å². The number of imidazole rings is 1. The first kappa shape index (κ1) is 18.6. The first-order chi connectivity index (χ1) is 13.6. The van der Waals surface area contributed by atoms with Crippen LogP contribution < -0.4 is 5.32 Å². The van der Waals surface area contributed by atoms with Crippen LogP contribution in [0.5, 0.6) is 0 Å². The van der Waals surface area contributed by atoms with Gasteiger partial charge in [-0.3, -0.25) is 4.79 Å². The van der Waals surface area contributed by atoms with E-state index in [0.717, 1.165) is 21.8 Å². The molecule has 1 amide bonds. The van der Waals surface area contributed by atoms with Gasteiger partial charge in [0.25, 0.3) is 0 Å². The van der Waals surface area contributed by atoms with Gasteiger partial charge in [0.05, 0.1) is 22.8 Å². The number of thioether (sulfide) groups is 1. The molecule has 0 aliphatic carbocycles. The van der Waals surface area contributed by atoms with Crippen LogP contribution in [0.25, 0.3) is 21.8 Å². The van der Waals surface area contributed by atoms with Gasteiger partial charge in [-0.25, -0.2) is 4.98 Å². The standard InChI is InChI=1S/C23H23N3OS/c1-15(2)22(23-24-19-9-5-6-10-20(19)25-23)26-21(27)14-28-18-12-11-16-7-3-4-8-17(16)13-18/h3-13,15,22H,14H2,1-2H3,(H,24,25)(H,26,27). The van der Waals surface area contributed by atoms with Crippen LogP contribution in [0.2, 0.25) is 0 Å². The van der Waals surface area contributed by atoms with Gasteiger partial charge in [0, 0.05) is 4.90 Å². The van der Waals surface area contributed by atoms with Gasteiger partial charge < -0.3 is 10.3 Å². The summed E-state index contributed by atoms with van der Waals surface area (Å²) in [6, 6.07) is 22.3. The number of hydrogen-bond donors (Lipinski definition) is 2. The number of carbonyl (C=O) groups is 1. The van der Waals surface area contributed by atoms with Gasteiger partial charge >= 0.3 is 0 Å². The second-order valence-electron chi connectivity index (χ2n) is 7.23. The fourth-order valence-electron chi connectivity index (χ4n) is 3.29. The minimum absolute atomic E-state index is 0.0114. The maximum atomic E-state index is 12.6. The predicted molar refractivity (Wildman–Crippen MR) is 116 cm³/mol. The zero-order valence-electron chi connectivity index (χ0n) is 16.0. The Balaban J connectivity index is 1.44. The number of fused-ring (bicyclic) bond motifs is 2. The highest BCUT2D eigenvalue weighted by Crippen LogP contribution is 2.25. The lowest BCUT2D eigenvalue weighted by atomic mass is 10.0. The van der Waals surface area contributed by atoms with Crippen molar-refractivity contribution in [2.75, 3.05) is 5.75 Å². The summed E-state index contributed by atoms with van der Waals surface area (Å²) in [4.78, 5) is 21.7. The van der Waals surface area contributed by atoms with Crippen molar-refractivity contribution in [2.24, 2.45) is 5.92 Å². The van der Waals surface area contributed by atoms with Crippen LogP contribution in [0, 0.1) is 5.92 Å². The van der Waals surface area contributed by atoms with E-state index in [4.69, 9.17) is 0 Å². The van der Waals surface area contributed by atoms with Crippen LogP contribution >= 0.6 is 11.8 Å². The molecule has 1 heterocycles. The molecule has 0 radical (unpaired) electrons. The van der Waals surface area contributed by atoms with E-state index in [-0.39, 0.29) is 17.9 Å². The van der Waals surface area contributed by atoms with Crippen LogP contribution in [0.1, 0.15) is 25.7 Å². The van der Waals surface area contributed by atoms with Gasteiger partial charge in [-0.15, -0.1) is 11.8 Å². The fraction of sp³-hybridized carbons (Fsp3) is 0.217. The fourth-order valence-corrected chi connectivity index (χ4v) is 4.05. The lowest BCUT2D eigenvalue weighted by Gasteiger charge is -2.20. The molecular weight excluding hydrogens is 366 g/mol. The van der Waals surface area contributed by atoms with Crippen molar-refractivity contribution < 1.29 is 4.79 Å². The number of nitrogens with zero attached hydrogens (tertiary/aromatic N) is 1. The first-order valence-corrected chi connectivity index (χ1v) is 10.4. The molecule has 0 saturated heterocycles. The zero-order valence-corrected chi connectivity index (χ0v) is 16.8. The van der Waals surface area contributed by atoms with Gasteiger partial charge in [0.2, 0.25) is 5.91 Å². The van der Waals surface area contributed by atoms with Gasteiger partial charge in [0.1, 0.15) is 5.82 Å². The lowest BCUT2D eigenvalue weighted by molar-refractivity contribution is -0.119. The SMILES string of the molecule is CC(C)C(NC(=O)CSc1ccc2ccccc2c1)c1nc2ccccc2[nH]1. The summed E-state index contributed by atoms with van der Waals surface area (Å²) < 4.78 is 0. The molecule has 4 nitrogen and oxygen atoms in total. The molecular formula is C23H23N3OS. The Kier molecular flexibility index (Phi) is 5.35. The van der Waals surface area contributed by atoms with E-state index in [2.05, 4.69) is 59.5 Å². The number of amides is 1. The van der Waals surface area contributed by atoms with E-state index < -0.39 is 0 Å². The van der Waals surface area contributed by atoms with Crippen LogP contribution in [0.4, 0.5) is 0 Å². The lowest BCUT2D eigenvalue weighted by Crippen LogP contribution is -2.33. The maximum Gasteiger partial charge on any atom is 0.230 e. The van der Waals surface area contributed by atoms with Crippen LogP contribution in [0.3, 0.4) is 0 Å². The Hall–Kier alpha value is -2.79. The van der Waals surface area contributed by atoms with Crippen molar-refractivity contribution in [2.45, 2.75) is 24.8 Å². The Morgan fingerprint density at radius 2 is 1.79 bits per heavy atom. The normalized spacial score (nSPS) is 12.5. The van der Waals surface area contributed by atoms with E-state index in [0.29, 0.717) is 5.75 Å². The Bertz CT molecular complexity index is 1090. The second-order valence-corrected chi connectivity index (χ2v) is 8.27. The van der Waals surface area contributed by atoms with Gasteiger partial charge in [-0.05, 0) is 41.0 Å². The molecule has 4 rings (SSSR count). The summed E-state index contributed by atoms with van der Waals surface area (Å²) >= 11 is 1.55. The average molecular weight is 390 g/mol. The summed E-state index contributed by atoms with van der Waals surface area (Å²) in [5, 5.41) is 5.55. The summed E-state index contributed by atoms with van der Waals surface area (Å²) in [6.45, 7) is 4.18. The van der Waals surface area contributed by atoms with E-state index in [1.807, 2.05) is 36.4 Å². The topological polar surface area (TPSA) is 57.8 Å². The van der Waals surface area contributed by atoms with Crippen molar-refractivity contribution in [3.63, 3.8) is 0 Å². The summed E-state index contributed by atoms with van der Waals surface area (Å²) in [6.07, 6.45) is 0. The summed E-state index contributed by atoms with van der Waals surface area (Å²) in [5.74, 6) is 1.43. The number of nitrogens with one attached hydrogen (secondary N) is 2. The minimum atomic E-state index is -0.142. The largest absolute Gasteiger partial charge is 0.345 e. The van der Waals surface area contributed by atoms with Crippen molar-refractivity contribution in [1.29, 1.82) is 0 Å². The third-order valence-corrected chi connectivity index (χ3v) is 5.77. The first-order valence-electron chi connectivity index (χ1n) is 9.46. The third-order valence-electron chi connectivity index (χ3n) is 4.78. The molecule has 2 N–H and O–H groups in total. The summed E-state index contributed by atoms with van der Waals surface area (Å²) in [5.41, 5.74) is 1.91. The molecule has 0 aliphatic rings. The summed E-state index contributed by atoms with van der Waals surface area (Å²) in [7, 11) is 0. The van der Waals surface area contributed by atoms with Crippen LogP contribution in [-0.2, 0) is 4.79 Å². The van der Waals surface area contributed by atoms with Crippen molar-refractivity contribution in [3.8, 4) is 0 Å². The number of aromatic amines is 1. The van der Waals surface area contributed by atoms with E-state index >= 15 is 0 Å². The quantitative estimate of drug-likeness (QED) is 0.439. The molecule has 4 aromatic rings. The molecule has 0 bridgehead atoms. The van der Waals surface area contributed by atoms with Crippen molar-refractivity contribution in [1.82, 2.24) is 15.3 Å². The number of para-hydroxylation sites is 2. The number of carbonyl (C=O) groups excluding carboxylic acids is 1. The monoisotopic (exact) mass is 389 g/mol. The molecule has 0 aliphatic heterocycles. The molecule has 1 atom stereocenters. The molecule has 142 valence electrons. The van der Waals surface area contributed by atoms with Crippen LogP contribution in [-0.4, -0.2) is 21.6 Å². The Morgan fingerprint density at radius 1 is 1.04 bits per heavy atom. The molecule has 28 heavy (non-hydrogen) atoms. The second kappa shape index (κ2) is 8.07. The van der Waals surface area contributed by atoms with Crippen molar-refractivity contribution in [3.05, 3.63) is 72.6 Å². The molecule has 3 aromatic carbocycles. The molecule has 1 aromatic heterocycles. The maximum absolute atomic E-state index is 12.6. The third kappa shape index (κ3) is 4.04. The van der Waals surface area contributed by atoms with Crippen molar-refractivity contribution >= 4 is 39.5 Å². The Labute approximate surface area is 168 Å². The number of rotatable bonds is 6. The molecule has 0 spiro atoms. The van der Waals surface area contributed by atoms with Crippen LogP contribution in [0.15, 0.2) is 71.6 Å². The van der Waals surface area contributed by atoms with Gasteiger partial charge in [-0.1, -0.05) is 56.3 Å². The zero-order chi connectivity index (χ0) is 19.5. The molecule has 5 heteroatoms. The highest BCUT2D eigenvalue weighted by Gasteiger charge is 2.21. The smallest absolute Gasteiger partial charge is 0.230 e. The average Bonchev–Trinajstić information content (AvgIpc) is 3.14. The van der Waals surface area contributed by atoms with Gasteiger partial charge in [-0.2, -0.15) is 0 Å². The Morgan fingerprint density at radius 3 is 2.57 bits per heavy atom. The number of aromatic nitrogens is 2. The van der Waals surface area contributed by atoms with E-state index in [1.54, 1.807) is 11.8 Å². The minimum Gasteiger partial charge on any atom is -0.345 e. The molecule has 0 fully saturated rings. The highest BCUT2D eigenvalue weighted by atomic mass is 32.2. The number of hydrogen-bond acceptors (Lipinski definition) is 3. The predicted octanol–water partition coefficient (Wildman–Crippen LogP) is 5.32. The molecule has 0 saturated carbocycles.